The molecule has 1 aromatic heterocycles. The first-order valence-corrected chi connectivity index (χ1v) is 8.19. The molecule has 0 spiro atoms. The summed E-state index contributed by atoms with van der Waals surface area (Å²) >= 11 is 6.07. The van der Waals surface area contributed by atoms with Gasteiger partial charge in [-0.3, -0.25) is 0 Å². The maximum Gasteiger partial charge on any atom is 0.358 e. The smallest absolute Gasteiger partial charge is 0.358 e. The van der Waals surface area contributed by atoms with Crippen molar-refractivity contribution < 1.29 is 14.6 Å². The van der Waals surface area contributed by atoms with Crippen molar-refractivity contribution in [2.24, 2.45) is 0 Å². The molecule has 5 nitrogen and oxygen atoms in total. The first kappa shape index (κ1) is 16.5. The summed E-state index contributed by atoms with van der Waals surface area (Å²) in [6, 6.07) is 6.70. The van der Waals surface area contributed by atoms with Gasteiger partial charge in [0, 0.05) is 16.1 Å². The van der Waals surface area contributed by atoms with E-state index in [1.54, 1.807) is 37.4 Å². The summed E-state index contributed by atoms with van der Waals surface area (Å²) in [5, 5.41) is 18.5. The van der Waals surface area contributed by atoms with Gasteiger partial charge in [-0.25, -0.2) is 4.79 Å². The summed E-state index contributed by atoms with van der Waals surface area (Å²) in [6.45, 7) is 2.03. The summed E-state index contributed by atoms with van der Waals surface area (Å²) in [6.07, 6.45) is 4.27. The number of aromatic hydroxyl groups is 1. The predicted octanol–water partition coefficient (Wildman–Crippen LogP) is 4.11. The Kier molecular flexibility index (Phi) is 4.81. The van der Waals surface area contributed by atoms with Crippen LogP contribution in [0.5, 0.6) is 5.75 Å². The molecule has 24 heavy (non-hydrogen) atoms. The number of aromatic nitrogens is 2. The maximum atomic E-state index is 11.9. The van der Waals surface area contributed by atoms with E-state index in [1.807, 2.05) is 0 Å². The predicted molar refractivity (Wildman–Crippen MR) is 91.8 cm³/mol. The third-order valence-corrected chi connectivity index (χ3v) is 4.22. The number of benzene rings is 1. The zero-order valence-corrected chi connectivity index (χ0v) is 14.0. The Morgan fingerprint density at radius 3 is 2.88 bits per heavy atom. The van der Waals surface area contributed by atoms with E-state index in [1.165, 1.54) is 0 Å². The fourth-order valence-electron chi connectivity index (χ4n) is 2.95. The molecule has 3 rings (SSSR count). The number of hydrogen-bond acceptors (Lipinski definition) is 5. The third-order valence-electron chi connectivity index (χ3n) is 3.99. The normalized spacial score (nSPS) is 14.1. The highest BCUT2D eigenvalue weighted by Gasteiger charge is 2.21. The molecule has 6 heteroatoms. The van der Waals surface area contributed by atoms with Crippen LogP contribution in [-0.2, 0) is 4.74 Å². The first-order valence-electron chi connectivity index (χ1n) is 7.81. The van der Waals surface area contributed by atoms with Gasteiger partial charge in [0.25, 0.3) is 0 Å². The van der Waals surface area contributed by atoms with E-state index in [9.17, 15) is 9.90 Å². The molecule has 0 aliphatic heterocycles. The zero-order chi connectivity index (χ0) is 17.1. The highest BCUT2D eigenvalue weighted by atomic mass is 35.5. The lowest BCUT2D eigenvalue weighted by atomic mass is 9.97. The second-order valence-corrected chi connectivity index (χ2v) is 5.96. The molecule has 1 aliphatic carbocycles. The summed E-state index contributed by atoms with van der Waals surface area (Å²) in [5.74, 6) is -0.293. The van der Waals surface area contributed by atoms with Gasteiger partial charge in [0.2, 0.25) is 0 Å². The minimum absolute atomic E-state index is 0.184. The van der Waals surface area contributed by atoms with Crippen molar-refractivity contribution in [2.45, 2.75) is 26.2 Å². The number of hydrogen-bond donors (Lipinski definition) is 1. The average Bonchev–Trinajstić information content (AvgIpc) is 3.07. The molecule has 0 fully saturated rings. The van der Waals surface area contributed by atoms with Crippen molar-refractivity contribution in [3.63, 3.8) is 0 Å². The number of rotatable bonds is 4. The van der Waals surface area contributed by atoms with Gasteiger partial charge in [-0.15, -0.1) is 5.10 Å². The van der Waals surface area contributed by atoms with Crippen LogP contribution >= 0.6 is 11.6 Å². The number of carbonyl (C=O) groups is 1. The lowest BCUT2D eigenvalue weighted by Gasteiger charge is -2.11. The van der Waals surface area contributed by atoms with Crippen LogP contribution in [0.3, 0.4) is 0 Å². The molecule has 2 aromatic rings. The largest absolute Gasteiger partial charge is 0.507 e. The van der Waals surface area contributed by atoms with Gasteiger partial charge in [-0.2, -0.15) is 5.10 Å². The Labute approximate surface area is 144 Å². The van der Waals surface area contributed by atoms with Crippen LogP contribution in [0, 0.1) is 0 Å². The second kappa shape index (κ2) is 7.01. The first-order chi connectivity index (χ1) is 11.6. The Hall–Kier alpha value is -2.40. The van der Waals surface area contributed by atoms with E-state index < -0.39 is 5.97 Å². The van der Waals surface area contributed by atoms with Crippen LogP contribution < -0.4 is 0 Å². The molecule has 1 heterocycles. The zero-order valence-electron chi connectivity index (χ0n) is 13.3. The van der Waals surface area contributed by atoms with E-state index in [0.717, 1.165) is 41.5 Å². The molecule has 1 aliphatic rings. The summed E-state index contributed by atoms with van der Waals surface area (Å²) in [7, 11) is 0. The van der Waals surface area contributed by atoms with Gasteiger partial charge in [0.1, 0.15) is 5.75 Å². The van der Waals surface area contributed by atoms with Crippen molar-refractivity contribution in [3.8, 4) is 5.75 Å². The third kappa shape index (κ3) is 3.26. The van der Waals surface area contributed by atoms with Crippen molar-refractivity contribution in [1.29, 1.82) is 0 Å². The van der Waals surface area contributed by atoms with Crippen molar-refractivity contribution >= 4 is 28.7 Å². The van der Waals surface area contributed by atoms with Gasteiger partial charge in [0.05, 0.1) is 12.8 Å². The Morgan fingerprint density at radius 1 is 1.29 bits per heavy atom. The van der Waals surface area contributed by atoms with E-state index in [4.69, 9.17) is 16.3 Å². The number of carbonyl (C=O) groups excluding carboxylic acids is 1. The van der Waals surface area contributed by atoms with Gasteiger partial charge in [-0.1, -0.05) is 11.6 Å². The van der Waals surface area contributed by atoms with Crippen LogP contribution in [0.25, 0.3) is 11.1 Å². The highest BCUT2D eigenvalue weighted by molar-refractivity contribution is 6.30. The molecule has 0 unspecified atom stereocenters. The summed E-state index contributed by atoms with van der Waals surface area (Å²) < 4.78 is 4.98. The number of nitrogens with zero attached hydrogens (tertiary/aromatic N) is 2. The van der Waals surface area contributed by atoms with Crippen molar-refractivity contribution in [2.75, 3.05) is 6.61 Å². The van der Waals surface area contributed by atoms with Crippen molar-refractivity contribution in [1.82, 2.24) is 10.2 Å². The quantitative estimate of drug-likeness (QED) is 0.845. The molecule has 0 atom stereocenters. The fourth-order valence-corrected chi connectivity index (χ4v) is 3.12. The van der Waals surface area contributed by atoms with Gasteiger partial charge in [0.15, 0.2) is 5.69 Å². The number of allylic oxidation sites excluding steroid dienone is 2. The molecule has 1 N–H and O–H groups in total. The Bertz CT molecular complexity index is 818. The number of phenolic OH excluding ortho intramolecular Hbond substituents is 1. The highest BCUT2D eigenvalue weighted by Crippen LogP contribution is 2.43. The number of ether oxygens (including phenoxy) is 1. The van der Waals surface area contributed by atoms with Crippen molar-refractivity contribution in [3.05, 3.63) is 52.3 Å². The number of halogens is 1. The standard InChI is InChI=1S/C18H17ClN2O3/c1-2-24-18(23)16-8-11(10-20-21-16)13-4-3-5-14(13)15-9-12(19)6-7-17(15)22/h6-10,22H,2-5H2,1H3. The van der Waals surface area contributed by atoms with Crippen LogP contribution in [0.15, 0.2) is 30.5 Å². The lowest BCUT2D eigenvalue weighted by molar-refractivity contribution is 0.0518. The van der Waals surface area contributed by atoms with E-state index in [2.05, 4.69) is 10.2 Å². The van der Waals surface area contributed by atoms with Crippen LogP contribution in [-0.4, -0.2) is 27.9 Å². The molecule has 0 bridgehead atoms. The monoisotopic (exact) mass is 344 g/mol. The molecular formula is C18H17ClN2O3. The van der Waals surface area contributed by atoms with Gasteiger partial charge >= 0.3 is 5.97 Å². The van der Waals surface area contributed by atoms with Crippen LogP contribution in [0.1, 0.15) is 47.8 Å². The molecule has 1 aromatic carbocycles. The second-order valence-electron chi connectivity index (χ2n) is 5.52. The SMILES string of the molecule is CCOC(=O)c1cc(C2=C(c3cc(Cl)ccc3O)CCC2)cnn1. The average molecular weight is 345 g/mol. The Morgan fingerprint density at radius 2 is 2.08 bits per heavy atom. The van der Waals surface area contributed by atoms with Crippen LogP contribution in [0.4, 0.5) is 0 Å². The fraction of sp³-hybridized carbons (Fsp3) is 0.278. The number of phenols is 1. The molecular weight excluding hydrogens is 328 g/mol. The molecule has 0 saturated heterocycles. The molecule has 0 amide bonds. The molecule has 0 saturated carbocycles. The van der Waals surface area contributed by atoms with E-state index in [0.29, 0.717) is 5.02 Å². The van der Waals surface area contributed by atoms with E-state index >= 15 is 0 Å². The van der Waals surface area contributed by atoms with Gasteiger partial charge < -0.3 is 9.84 Å². The molecule has 124 valence electrons. The summed E-state index contributed by atoms with van der Waals surface area (Å²) in [5.41, 5.74) is 3.80. The van der Waals surface area contributed by atoms with Crippen LogP contribution in [0.2, 0.25) is 5.02 Å². The maximum absolute atomic E-state index is 11.9. The molecule has 0 radical (unpaired) electrons. The topological polar surface area (TPSA) is 72.3 Å². The van der Waals surface area contributed by atoms with E-state index in [-0.39, 0.29) is 18.1 Å². The van der Waals surface area contributed by atoms with Gasteiger partial charge in [-0.05, 0) is 61.6 Å². The minimum atomic E-state index is -0.488. The number of esters is 1. The lowest BCUT2D eigenvalue weighted by Crippen LogP contribution is -2.08. The minimum Gasteiger partial charge on any atom is -0.507 e. The summed E-state index contributed by atoms with van der Waals surface area (Å²) in [4.78, 5) is 11.9. The Balaban J connectivity index is 2.05.